The molecule has 7 heteroatoms. The van der Waals surface area contributed by atoms with Crippen molar-refractivity contribution >= 4 is 15.9 Å². The lowest BCUT2D eigenvalue weighted by Crippen LogP contribution is -2.30. The first-order chi connectivity index (χ1) is 14.7. The predicted octanol–water partition coefficient (Wildman–Crippen LogP) is 3.77. The summed E-state index contributed by atoms with van der Waals surface area (Å²) in [5.74, 6) is -0.198. The lowest BCUT2D eigenvalue weighted by atomic mass is 9.97. The third kappa shape index (κ3) is 4.95. The van der Waals surface area contributed by atoms with E-state index in [0.717, 1.165) is 21.0 Å². The molecular weight excluding hydrogens is 412 g/mol. The summed E-state index contributed by atoms with van der Waals surface area (Å²) < 4.78 is 31.7. The molecule has 3 aromatic rings. The van der Waals surface area contributed by atoms with Crippen LogP contribution >= 0.6 is 0 Å². The molecule has 6 nitrogen and oxygen atoms in total. The zero-order chi connectivity index (χ0) is 22.6. The first-order valence-corrected chi connectivity index (χ1v) is 11.2. The topological polar surface area (TPSA) is 75.7 Å². The van der Waals surface area contributed by atoms with Crippen molar-refractivity contribution in [3.05, 3.63) is 95.1 Å². The van der Waals surface area contributed by atoms with Gasteiger partial charge in [-0.3, -0.25) is 4.79 Å². The maximum absolute atomic E-state index is 13.2. The Hall–Kier alpha value is -3.16. The second kappa shape index (κ2) is 9.32. The molecule has 0 aliphatic heterocycles. The summed E-state index contributed by atoms with van der Waals surface area (Å²) in [4.78, 5) is 13.1. The number of amides is 1. The molecule has 0 radical (unpaired) electrons. The molecular formula is C24H26N2O4S. The van der Waals surface area contributed by atoms with E-state index in [2.05, 4.69) is 5.32 Å². The maximum atomic E-state index is 13.2. The number of hydrogen-bond donors (Lipinski definition) is 1. The van der Waals surface area contributed by atoms with Gasteiger partial charge in [-0.25, -0.2) is 12.7 Å². The van der Waals surface area contributed by atoms with Crippen LogP contribution in [0.1, 0.15) is 33.1 Å². The molecule has 0 unspecified atom stereocenters. The average molecular weight is 439 g/mol. The average Bonchev–Trinajstić information content (AvgIpc) is 2.78. The lowest BCUT2D eigenvalue weighted by Gasteiger charge is -2.21. The number of ether oxygens (including phenoxy) is 1. The molecule has 0 fully saturated rings. The van der Waals surface area contributed by atoms with Crippen LogP contribution in [0, 0.1) is 6.92 Å². The molecule has 1 amide bonds. The Kier molecular flexibility index (Phi) is 6.77. The van der Waals surface area contributed by atoms with E-state index in [-0.39, 0.29) is 28.2 Å². The van der Waals surface area contributed by atoms with Crippen LogP contribution in [0.4, 0.5) is 0 Å². The van der Waals surface area contributed by atoms with Crippen molar-refractivity contribution < 1.29 is 17.9 Å². The minimum atomic E-state index is -3.78. The predicted molar refractivity (Wildman–Crippen MR) is 121 cm³/mol. The van der Waals surface area contributed by atoms with Crippen LogP contribution in [0.15, 0.2) is 77.7 Å². The fourth-order valence-corrected chi connectivity index (χ4v) is 4.27. The van der Waals surface area contributed by atoms with Gasteiger partial charge in [0.25, 0.3) is 5.91 Å². The number of methoxy groups -OCH3 is 1. The number of carbonyl (C=O) groups excluding carboxylic acids is 1. The molecule has 0 aliphatic carbocycles. The van der Waals surface area contributed by atoms with E-state index in [1.165, 1.54) is 33.3 Å². The van der Waals surface area contributed by atoms with E-state index in [1.54, 1.807) is 6.07 Å². The van der Waals surface area contributed by atoms with Crippen molar-refractivity contribution in [3.63, 3.8) is 0 Å². The van der Waals surface area contributed by atoms with Crippen LogP contribution in [-0.2, 0) is 10.0 Å². The van der Waals surface area contributed by atoms with Crippen LogP contribution in [0.2, 0.25) is 0 Å². The van der Waals surface area contributed by atoms with Crippen LogP contribution in [0.25, 0.3) is 0 Å². The molecule has 0 aromatic heterocycles. The molecule has 3 rings (SSSR count). The highest BCUT2D eigenvalue weighted by Crippen LogP contribution is 2.28. The maximum Gasteiger partial charge on any atom is 0.252 e. The minimum Gasteiger partial charge on any atom is -0.495 e. The van der Waals surface area contributed by atoms with Gasteiger partial charge in [0, 0.05) is 19.7 Å². The Labute approximate surface area is 183 Å². The quantitative estimate of drug-likeness (QED) is 0.609. The Bertz CT molecular complexity index is 1160. The van der Waals surface area contributed by atoms with Crippen molar-refractivity contribution in [2.45, 2.75) is 17.9 Å². The van der Waals surface area contributed by atoms with Crippen LogP contribution in [-0.4, -0.2) is 39.8 Å². The summed E-state index contributed by atoms with van der Waals surface area (Å²) in [6.07, 6.45) is 0. The lowest BCUT2D eigenvalue weighted by molar-refractivity contribution is 0.0942. The Morgan fingerprint density at radius 2 is 1.55 bits per heavy atom. The van der Waals surface area contributed by atoms with Crippen molar-refractivity contribution in [2.75, 3.05) is 21.2 Å². The first kappa shape index (κ1) is 22.5. The summed E-state index contributed by atoms with van der Waals surface area (Å²) in [7, 11) is 0.480. The number of sulfonamides is 1. The van der Waals surface area contributed by atoms with Gasteiger partial charge in [-0.05, 0) is 36.2 Å². The molecule has 1 N–H and O–H groups in total. The van der Waals surface area contributed by atoms with E-state index >= 15 is 0 Å². The van der Waals surface area contributed by atoms with Gasteiger partial charge in [0.2, 0.25) is 10.0 Å². The highest BCUT2D eigenvalue weighted by molar-refractivity contribution is 7.89. The van der Waals surface area contributed by atoms with Gasteiger partial charge >= 0.3 is 0 Å². The number of nitrogens with zero attached hydrogens (tertiary/aromatic N) is 1. The molecule has 0 saturated heterocycles. The molecule has 0 saturated carbocycles. The Balaban J connectivity index is 2.00. The van der Waals surface area contributed by atoms with Gasteiger partial charge in [0.1, 0.15) is 10.6 Å². The smallest absolute Gasteiger partial charge is 0.252 e. The molecule has 0 bridgehead atoms. The fraction of sp³-hybridized carbons (Fsp3) is 0.208. The molecule has 0 heterocycles. The Morgan fingerprint density at radius 3 is 2.13 bits per heavy atom. The van der Waals surface area contributed by atoms with E-state index in [1.807, 2.05) is 61.5 Å². The number of hydrogen-bond acceptors (Lipinski definition) is 4. The molecule has 3 aromatic carbocycles. The van der Waals surface area contributed by atoms with Gasteiger partial charge in [-0.15, -0.1) is 0 Å². The summed E-state index contributed by atoms with van der Waals surface area (Å²) in [6.45, 7) is 2.00. The zero-order valence-electron chi connectivity index (χ0n) is 18.0. The molecule has 162 valence electrons. The third-order valence-electron chi connectivity index (χ3n) is 5.00. The van der Waals surface area contributed by atoms with Crippen molar-refractivity contribution in [3.8, 4) is 5.75 Å². The molecule has 0 aliphatic rings. The number of carbonyl (C=O) groups is 1. The van der Waals surface area contributed by atoms with Crippen LogP contribution in [0.5, 0.6) is 5.75 Å². The van der Waals surface area contributed by atoms with E-state index in [9.17, 15) is 13.2 Å². The minimum absolute atomic E-state index is 0.0563. The van der Waals surface area contributed by atoms with E-state index in [4.69, 9.17) is 4.74 Å². The normalized spacial score (nSPS) is 12.4. The van der Waals surface area contributed by atoms with Crippen molar-refractivity contribution in [2.24, 2.45) is 0 Å². The second-order valence-electron chi connectivity index (χ2n) is 7.38. The van der Waals surface area contributed by atoms with Gasteiger partial charge < -0.3 is 10.1 Å². The summed E-state index contributed by atoms with van der Waals surface area (Å²) in [6, 6.07) is 21.6. The van der Waals surface area contributed by atoms with Gasteiger partial charge in [0.15, 0.2) is 0 Å². The van der Waals surface area contributed by atoms with Gasteiger partial charge in [-0.2, -0.15) is 0 Å². The standard InChI is InChI=1S/C24H26N2O4S/c1-17-10-12-19(13-11-17)23(18-8-6-5-7-9-18)25-24(27)20-14-15-21(30-4)22(16-20)31(28,29)26(2)3/h5-16,23H,1-4H3,(H,25,27)/t23-/m0/s1. The monoisotopic (exact) mass is 438 g/mol. The van der Waals surface area contributed by atoms with Crippen molar-refractivity contribution in [1.82, 2.24) is 9.62 Å². The summed E-state index contributed by atoms with van der Waals surface area (Å²) in [5, 5.41) is 3.04. The van der Waals surface area contributed by atoms with Gasteiger partial charge in [0.05, 0.1) is 13.2 Å². The number of rotatable bonds is 7. The summed E-state index contributed by atoms with van der Waals surface area (Å²) in [5.41, 5.74) is 3.21. The van der Waals surface area contributed by atoms with Crippen molar-refractivity contribution in [1.29, 1.82) is 0 Å². The first-order valence-electron chi connectivity index (χ1n) is 9.77. The van der Waals surface area contributed by atoms with Crippen LogP contribution < -0.4 is 10.1 Å². The highest BCUT2D eigenvalue weighted by Gasteiger charge is 2.25. The number of nitrogens with one attached hydrogen (secondary N) is 1. The third-order valence-corrected chi connectivity index (χ3v) is 6.84. The molecule has 1 atom stereocenters. The zero-order valence-corrected chi connectivity index (χ0v) is 18.8. The number of benzene rings is 3. The largest absolute Gasteiger partial charge is 0.495 e. The second-order valence-corrected chi connectivity index (χ2v) is 9.50. The van der Waals surface area contributed by atoms with Crippen LogP contribution in [0.3, 0.4) is 0 Å². The fourth-order valence-electron chi connectivity index (χ4n) is 3.19. The molecule has 31 heavy (non-hydrogen) atoms. The SMILES string of the molecule is COc1ccc(C(=O)N[C@@H](c2ccccc2)c2ccc(C)cc2)cc1S(=O)(=O)N(C)C. The van der Waals surface area contributed by atoms with E-state index < -0.39 is 10.0 Å². The highest BCUT2D eigenvalue weighted by atomic mass is 32.2. The van der Waals surface area contributed by atoms with Gasteiger partial charge in [-0.1, -0.05) is 60.2 Å². The molecule has 0 spiro atoms. The Morgan fingerprint density at radius 1 is 0.935 bits per heavy atom. The number of aryl methyl sites for hydroxylation is 1. The van der Waals surface area contributed by atoms with E-state index in [0.29, 0.717) is 0 Å². The summed E-state index contributed by atoms with van der Waals surface area (Å²) >= 11 is 0.